The van der Waals surface area contributed by atoms with Crippen LogP contribution in [0.25, 0.3) is 34.0 Å². The van der Waals surface area contributed by atoms with Crippen LogP contribution in [0.15, 0.2) is 59.1 Å². The van der Waals surface area contributed by atoms with Gasteiger partial charge in [-0.15, -0.1) is 0 Å². The van der Waals surface area contributed by atoms with Crippen molar-refractivity contribution in [1.29, 1.82) is 0 Å². The third-order valence-electron chi connectivity index (χ3n) is 4.89. The van der Waals surface area contributed by atoms with Gasteiger partial charge in [0.2, 0.25) is 0 Å². The molecule has 0 bridgehead atoms. The Hall–Kier alpha value is -3.32. The summed E-state index contributed by atoms with van der Waals surface area (Å²) in [7, 11) is 0. The number of rotatable bonds is 2. The molecule has 34 heavy (non-hydrogen) atoms. The van der Waals surface area contributed by atoms with Gasteiger partial charge in [0.05, 0.1) is 9.81 Å². The number of carbonyl (C=O) groups is 2. The second-order valence-electron chi connectivity index (χ2n) is 7.04. The molecular formula is C22H14N6O2S4. The number of nitrogens with zero attached hydrogens (tertiary/aromatic N) is 2. The number of amides is 2. The number of thiocarbonyl (C=S) groups is 2. The Labute approximate surface area is 212 Å². The Morgan fingerprint density at radius 1 is 0.735 bits per heavy atom. The lowest BCUT2D eigenvalue weighted by atomic mass is 10.2. The number of aromatic amines is 2. The number of aromatic nitrogens is 4. The summed E-state index contributed by atoms with van der Waals surface area (Å²) in [5, 5.41) is 7.16. The lowest BCUT2D eigenvalue weighted by molar-refractivity contribution is -0.116. The van der Waals surface area contributed by atoms with Gasteiger partial charge in [0.1, 0.15) is 8.64 Å². The normalized spacial score (nSPS) is 18.0. The van der Waals surface area contributed by atoms with Crippen LogP contribution in [0.1, 0.15) is 11.1 Å². The number of hydrogen-bond acceptors (Lipinski definition) is 8. The molecular weight excluding hydrogens is 509 g/mol. The van der Waals surface area contributed by atoms with E-state index in [1.54, 1.807) is 24.8 Å². The highest BCUT2D eigenvalue weighted by Crippen LogP contribution is 2.29. The predicted octanol–water partition coefficient (Wildman–Crippen LogP) is 4.10. The van der Waals surface area contributed by atoms with E-state index in [1.165, 1.54) is 23.5 Å². The Kier molecular flexibility index (Phi) is 6.28. The van der Waals surface area contributed by atoms with Crippen LogP contribution in [0.3, 0.4) is 0 Å². The van der Waals surface area contributed by atoms with E-state index < -0.39 is 0 Å². The van der Waals surface area contributed by atoms with Gasteiger partial charge < -0.3 is 20.6 Å². The number of thioether (sulfide) groups is 2. The maximum Gasteiger partial charge on any atom is 0.263 e. The van der Waals surface area contributed by atoms with Crippen molar-refractivity contribution in [2.45, 2.75) is 0 Å². The molecule has 4 aromatic rings. The summed E-state index contributed by atoms with van der Waals surface area (Å²) in [5.74, 6) is -0.281. The number of hydrogen-bond donors (Lipinski definition) is 4. The van der Waals surface area contributed by atoms with Crippen LogP contribution in [0.2, 0.25) is 0 Å². The second-order valence-corrected chi connectivity index (χ2v) is 10.5. The third kappa shape index (κ3) is 4.66. The molecule has 0 unspecified atom stereocenters. The van der Waals surface area contributed by atoms with E-state index in [0.29, 0.717) is 18.5 Å². The molecule has 0 spiro atoms. The summed E-state index contributed by atoms with van der Waals surface area (Å²) < 4.78 is 0.999. The van der Waals surface area contributed by atoms with E-state index in [0.717, 1.165) is 32.9 Å². The van der Waals surface area contributed by atoms with Crippen molar-refractivity contribution in [1.82, 2.24) is 30.6 Å². The van der Waals surface area contributed by atoms with Crippen molar-refractivity contribution in [2.75, 3.05) is 0 Å². The van der Waals surface area contributed by atoms with Gasteiger partial charge in [0.25, 0.3) is 11.8 Å². The van der Waals surface area contributed by atoms with Gasteiger partial charge >= 0.3 is 0 Å². The molecule has 0 radical (unpaired) electrons. The topological polar surface area (TPSA) is 116 Å². The number of H-pyrrole nitrogens is 2. The molecule has 2 saturated heterocycles. The first-order chi connectivity index (χ1) is 16.5. The van der Waals surface area contributed by atoms with Crippen LogP contribution < -0.4 is 10.6 Å². The fourth-order valence-corrected chi connectivity index (χ4v) is 5.40. The molecule has 0 atom stereocenters. The summed E-state index contributed by atoms with van der Waals surface area (Å²) in [5.41, 5.74) is 3.88. The smallest absolute Gasteiger partial charge is 0.263 e. The average molecular weight is 523 g/mol. The molecule has 2 aliphatic heterocycles. The van der Waals surface area contributed by atoms with Crippen LogP contribution in [0.5, 0.6) is 0 Å². The summed E-state index contributed by atoms with van der Waals surface area (Å²) >= 11 is 12.4. The van der Waals surface area contributed by atoms with E-state index in [2.05, 4.69) is 30.6 Å². The molecule has 12 heteroatoms. The van der Waals surface area contributed by atoms with Gasteiger partial charge in [0.15, 0.2) is 0 Å². The highest BCUT2D eigenvalue weighted by molar-refractivity contribution is 8.27. The Morgan fingerprint density at radius 3 is 1.56 bits per heavy atom. The lowest BCUT2D eigenvalue weighted by Crippen LogP contribution is -2.17. The quantitative estimate of drug-likeness (QED) is 0.230. The molecule has 2 fully saturated rings. The summed E-state index contributed by atoms with van der Waals surface area (Å²) in [6.45, 7) is 0. The highest BCUT2D eigenvalue weighted by Gasteiger charge is 2.23. The van der Waals surface area contributed by atoms with E-state index in [-0.39, 0.29) is 11.8 Å². The Morgan fingerprint density at radius 2 is 1.18 bits per heavy atom. The number of fused-ring (bicyclic) bond motifs is 2. The predicted molar refractivity (Wildman–Crippen MR) is 145 cm³/mol. The van der Waals surface area contributed by atoms with Crippen LogP contribution >= 0.6 is 48.0 Å². The molecule has 168 valence electrons. The van der Waals surface area contributed by atoms with Crippen LogP contribution in [-0.4, -0.2) is 40.4 Å². The molecule has 8 nitrogen and oxygen atoms in total. The minimum Gasteiger partial charge on any atom is -0.360 e. The summed E-state index contributed by atoms with van der Waals surface area (Å²) in [6, 6.07) is 3.79. The standard InChI is InChI=1S/2C11H7N3OS2/c2*15-10-9(17-11(16)14-10)3-6-4-13-8-1-2-12-5-7(6)8/h2*1-5,13H,(H,14,15,16). The Balaban J connectivity index is 0.000000142. The average Bonchev–Trinajstić information content (AvgIpc) is 3.57. The Bertz CT molecular complexity index is 1440. The molecule has 0 saturated carbocycles. The van der Waals surface area contributed by atoms with Crippen LogP contribution in [0.4, 0.5) is 0 Å². The van der Waals surface area contributed by atoms with Crippen LogP contribution in [-0.2, 0) is 9.59 Å². The summed E-state index contributed by atoms with van der Waals surface area (Å²) in [4.78, 5) is 38.7. The SMILES string of the molecule is O=C1NC(=S)SC1=Cc1c[nH]c2ccncc12.O=C1NC(=S)SC1=Cc1c[nH]c2ccncc12. The van der Waals surface area contributed by atoms with Crippen molar-refractivity contribution in [2.24, 2.45) is 0 Å². The van der Waals surface area contributed by atoms with Crippen molar-refractivity contribution < 1.29 is 9.59 Å². The van der Waals surface area contributed by atoms with Crippen molar-refractivity contribution in [3.8, 4) is 0 Å². The zero-order valence-electron chi connectivity index (χ0n) is 17.1. The summed E-state index contributed by atoms with van der Waals surface area (Å²) in [6.07, 6.45) is 14.3. The fourth-order valence-electron chi connectivity index (χ4n) is 3.33. The molecule has 2 amide bonds. The van der Waals surface area contributed by atoms with Gasteiger partial charge in [-0.05, 0) is 24.3 Å². The first-order valence-corrected chi connectivity index (χ1v) is 12.2. The zero-order chi connectivity index (χ0) is 23.7. The molecule has 6 rings (SSSR count). The lowest BCUT2D eigenvalue weighted by Gasteiger charge is -1.92. The molecule has 4 aromatic heterocycles. The van der Waals surface area contributed by atoms with Gasteiger partial charge in [0, 0.05) is 70.1 Å². The van der Waals surface area contributed by atoms with E-state index >= 15 is 0 Å². The van der Waals surface area contributed by atoms with E-state index in [1.807, 2.05) is 36.7 Å². The maximum absolute atomic E-state index is 11.5. The first-order valence-electron chi connectivity index (χ1n) is 9.80. The van der Waals surface area contributed by atoms with Gasteiger partial charge in [-0.1, -0.05) is 48.0 Å². The van der Waals surface area contributed by atoms with Crippen LogP contribution in [0, 0.1) is 0 Å². The maximum atomic E-state index is 11.5. The number of nitrogens with one attached hydrogen (secondary N) is 4. The van der Waals surface area contributed by atoms with E-state index in [9.17, 15) is 9.59 Å². The van der Waals surface area contributed by atoms with Crippen molar-refractivity contribution >= 4 is 102 Å². The number of pyridine rings is 2. The van der Waals surface area contributed by atoms with Gasteiger partial charge in [-0.3, -0.25) is 19.6 Å². The van der Waals surface area contributed by atoms with Crippen molar-refractivity contribution in [3.63, 3.8) is 0 Å². The zero-order valence-corrected chi connectivity index (χ0v) is 20.4. The largest absolute Gasteiger partial charge is 0.360 e. The molecule has 0 aliphatic carbocycles. The van der Waals surface area contributed by atoms with Crippen molar-refractivity contribution in [3.05, 3.63) is 70.3 Å². The highest BCUT2D eigenvalue weighted by atomic mass is 32.2. The first kappa shape index (κ1) is 22.5. The molecule has 4 N–H and O–H groups in total. The molecule has 2 aliphatic rings. The monoisotopic (exact) mass is 522 g/mol. The molecule has 0 aromatic carbocycles. The minimum absolute atomic E-state index is 0.141. The van der Waals surface area contributed by atoms with E-state index in [4.69, 9.17) is 24.4 Å². The van der Waals surface area contributed by atoms with Gasteiger partial charge in [-0.2, -0.15) is 0 Å². The van der Waals surface area contributed by atoms with Gasteiger partial charge in [-0.25, -0.2) is 0 Å². The number of carbonyl (C=O) groups excluding carboxylic acids is 2. The fraction of sp³-hybridized carbons (Fsp3) is 0. The third-order valence-corrected chi connectivity index (χ3v) is 7.21. The molecule has 6 heterocycles. The minimum atomic E-state index is -0.141. The second kappa shape index (κ2) is 9.50.